The van der Waals surface area contributed by atoms with E-state index in [0.717, 1.165) is 16.7 Å². The third-order valence-electron chi connectivity index (χ3n) is 3.13. The number of hydrogen-bond donors (Lipinski definition) is 1. The summed E-state index contributed by atoms with van der Waals surface area (Å²) in [7, 11) is 1.60. The summed E-state index contributed by atoms with van der Waals surface area (Å²) in [6, 6.07) is 9.45. The van der Waals surface area contributed by atoms with Crippen LogP contribution in [0.3, 0.4) is 0 Å². The lowest BCUT2D eigenvalue weighted by molar-refractivity contribution is 0.184. The molecule has 0 fully saturated rings. The Hall–Kier alpha value is -3.11. The minimum absolute atomic E-state index is 0.396. The van der Waals surface area contributed by atoms with Gasteiger partial charge in [0.2, 0.25) is 0 Å². The fourth-order valence-electron chi connectivity index (χ4n) is 2.05. The van der Waals surface area contributed by atoms with Crippen LogP contribution in [0, 0.1) is 11.3 Å². The first-order chi connectivity index (χ1) is 10.8. The van der Waals surface area contributed by atoms with E-state index in [9.17, 15) is 5.26 Å². The number of benzene rings is 1. The molecule has 0 aliphatic heterocycles. The van der Waals surface area contributed by atoms with Crippen molar-refractivity contribution in [3.05, 3.63) is 47.8 Å². The quantitative estimate of drug-likeness (QED) is 0.788. The van der Waals surface area contributed by atoms with Gasteiger partial charge in [0.05, 0.1) is 30.6 Å². The summed E-state index contributed by atoms with van der Waals surface area (Å²) in [5.74, 6) is 1.12. The zero-order valence-electron chi connectivity index (χ0n) is 11.8. The number of rotatable bonds is 4. The summed E-state index contributed by atoms with van der Waals surface area (Å²) in [6.07, 6.45) is 3.17. The number of aromatic nitrogens is 5. The third kappa shape index (κ3) is 2.68. The van der Waals surface area contributed by atoms with Crippen LogP contribution in [0.2, 0.25) is 0 Å². The molecule has 1 N–H and O–H groups in total. The number of aromatic amines is 1. The Morgan fingerprint density at radius 1 is 1.23 bits per heavy atom. The Labute approximate surface area is 126 Å². The molecule has 3 rings (SSSR count). The molecule has 0 amide bonds. The molecule has 108 valence electrons. The maximum atomic E-state index is 9.23. The SMILES string of the molecule is COCc1ccc(-c2nc(-c3ccnnc3)n[nH]2)cc1C#N. The van der Waals surface area contributed by atoms with E-state index in [1.807, 2.05) is 12.1 Å². The molecule has 7 nitrogen and oxygen atoms in total. The van der Waals surface area contributed by atoms with E-state index in [2.05, 4.69) is 31.4 Å². The molecule has 3 aromatic rings. The first-order valence-electron chi connectivity index (χ1n) is 6.53. The number of nitriles is 1. The molecule has 0 saturated carbocycles. The Balaban J connectivity index is 1.96. The van der Waals surface area contributed by atoms with Crippen molar-refractivity contribution in [2.24, 2.45) is 0 Å². The van der Waals surface area contributed by atoms with Crippen molar-refractivity contribution < 1.29 is 4.74 Å². The Morgan fingerprint density at radius 2 is 2.14 bits per heavy atom. The summed E-state index contributed by atoms with van der Waals surface area (Å²) < 4.78 is 5.08. The van der Waals surface area contributed by atoms with Crippen molar-refractivity contribution in [3.63, 3.8) is 0 Å². The maximum Gasteiger partial charge on any atom is 0.183 e. The van der Waals surface area contributed by atoms with Gasteiger partial charge in [-0.3, -0.25) is 5.10 Å². The van der Waals surface area contributed by atoms with Crippen LogP contribution in [0.4, 0.5) is 0 Å². The topological polar surface area (TPSA) is 100 Å². The first kappa shape index (κ1) is 13.9. The van der Waals surface area contributed by atoms with Gasteiger partial charge in [-0.2, -0.15) is 20.6 Å². The van der Waals surface area contributed by atoms with Gasteiger partial charge in [-0.05, 0) is 17.7 Å². The van der Waals surface area contributed by atoms with E-state index in [0.29, 0.717) is 23.8 Å². The number of ether oxygens (including phenoxy) is 1. The molecule has 2 aromatic heterocycles. The van der Waals surface area contributed by atoms with Gasteiger partial charge in [0.15, 0.2) is 11.6 Å². The van der Waals surface area contributed by atoms with E-state index in [1.165, 1.54) is 0 Å². The van der Waals surface area contributed by atoms with Crippen LogP contribution in [0.25, 0.3) is 22.8 Å². The van der Waals surface area contributed by atoms with Crippen LogP contribution in [0.5, 0.6) is 0 Å². The molecule has 0 spiro atoms. The fraction of sp³-hybridized carbons (Fsp3) is 0.133. The van der Waals surface area contributed by atoms with Gasteiger partial charge < -0.3 is 4.74 Å². The molecule has 1 aromatic carbocycles. The van der Waals surface area contributed by atoms with Crippen molar-refractivity contribution in [1.82, 2.24) is 25.4 Å². The Morgan fingerprint density at radius 3 is 2.86 bits per heavy atom. The third-order valence-corrected chi connectivity index (χ3v) is 3.13. The van der Waals surface area contributed by atoms with Gasteiger partial charge in [0.1, 0.15) is 0 Å². The second-order valence-electron chi connectivity index (χ2n) is 4.56. The first-order valence-corrected chi connectivity index (χ1v) is 6.53. The van der Waals surface area contributed by atoms with Crippen molar-refractivity contribution in [1.29, 1.82) is 5.26 Å². The number of hydrogen-bond acceptors (Lipinski definition) is 6. The molecule has 0 unspecified atom stereocenters. The lowest BCUT2D eigenvalue weighted by Crippen LogP contribution is -1.93. The average Bonchev–Trinajstić information content (AvgIpc) is 3.06. The van der Waals surface area contributed by atoms with E-state index in [4.69, 9.17) is 4.74 Å². The standard InChI is InChI=1S/C15H12N6O/c1-22-9-12-3-2-10(6-13(12)7-16)14-19-15(21-20-14)11-4-5-17-18-8-11/h2-6,8H,9H2,1H3,(H,19,20,21). The Bertz CT molecular complexity index is 822. The van der Waals surface area contributed by atoms with Gasteiger partial charge in [-0.1, -0.05) is 12.1 Å². The summed E-state index contributed by atoms with van der Waals surface area (Å²) in [5, 5.41) is 23.8. The van der Waals surface area contributed by atoms with Crippen LogP contribution in [0.1, 0.15) is 11.1 Å². The lowest BCUT2D eigenvalue weighted by atomic mass is 10.0. The zero-order valence-corrected chi connectivity index (χ0v) is 11.8. The number of nitrogens with one attached hydrogen (secondary N) is 1. The van der Waals surface area contributed by atoms with Crippen molar-refractivity contribution in [2.75, 3.05) is 7.11 Å². The normalized spacial score (nSPS) is 10.4. The molecule has 22 heavy (non-hydrogen) atoms. The van der Waals surface area contributed by atoms with E-state index < -0.39 is 0 Å². The zero-order chi connectivity index (χ0) is 15.4. The number of nitrogens with zero attached hydrogens (tertiary/aromatic N) is 5. The van der Waals surface area contributed by atoms with Crippen molar-refractivity contribution >= 4 is 0 Å². The van der Waals surface area contributed by atoms with E-state index >= 15 is 0 Å². The minimum atomic E-state index is 0.396. The summed E-state index contributed by atoms with van der Waals surface area (Å²) in [5.41, 5.74) is 2.96. The van der Waals surface area contributed by atoms with Crippen molar-refractivity contribution in [2.45, 2.75) is 6.61 Å². The van der Waals surface area contributed by atoms with Gasteiger partial charge in [0.25, 0.3) is 0 Å². The summed E-state index contributed by atoms with van der Waals surface area (Å²) in [6.45, 7) is 0.396. The molecule has 0 radical (unpaired) electrons. The highest BCUT2D eigenvalue weighted by Crippen LogP contribution is 2.22. The largest absolute Gasteiger partial charge is 0.380 e. The highest BCUT2D eigenvalue weighted by atomic mass is 16.5. The van der Waals surface area contributed by atoms with Crippen LogP contribution >= 0.6 is 0 Å². The van der Waals surface area contributed by atoms with E-state index in [-0.39, 0.29) is 0 Å². The second-order valence-corrected chi connectivity index (χ2v) is 4.56. The molecule has 0 aliphatic rings. The van der Waals surface area contributed by atoms with Gasteiger partial charge in [0, 0.05) is 18.2 Å². The smallest absolute Gasteiger partial charge is 0.183 e. The average molecular weight is 292 g/mol. The highest BCUT2D eigenvalue weighted by molar-refractivity contribution is 5.62. The Kier molecular flexibility index (Phi) is 3.85. The van der Waals surface area contributed by atoms with Gasteiger partial charge in [-0.25, -0.2) is 4.98 Å². The molecule has 7 heteroatoms. The van der Waals surface area contributed by atoms with Crippen LogP contribution in [0.15, 0.2) is 36.7 Å². The molecule has 0 bridgehead atoms. The molecule has 0 aliphatic carbocycles. The molecule has 2 heterocycles. The minimum Gasteiger partial charge on any atom is -0.380 e. The predicted molar refractivity (Wildman–Crippen MR) is 78.3 cm³/mol. The maximum absolute atomic E-state index is 9.23. The van der Waals surface area contributed by atoms with E-state index in [1.54, 1.807) is 31.6 Å². The lowest BCUT2D eigenvalue weighted by Gasteiger charge is -2.04. The number of methoxy groups -OCH3 is 1. The summed E-state index contributed by atoms with van der Waals surface area (Å²) >= 11 is 0. The molecular weight excluding hydrogens is 280 g/mol. The van der Waals surface area contributed by atoms with Crippen LogP contribution in [-0.2, 0) is 11.3 Å². The number of H-pyrrole nitrogens is 1. The van der Waals surface area contributed by atoms with Gasteiger partial charge >= 0.3 is 0 Å². The monoisotopic (exact) mass is 292 g/mol. The second kappa shape index (κ2) is 6.11. The fourth-order valence-corrected chi connectivity index (χ4v) is 2.05. The van der Waals surface area contributed by atoms with Gasteiger partial charge in [-0.15, -0.1) is 0 Å². The summed E-state index contributed by atoms with van der Waals surface area (Å²) in [4.78, 5) is 4.43. The van der Waals surface area contributed by atoms with Crippen molar-refractivity contribution in [3.8, 4) is 28.8 Å². The molecule has 0 saturated heterocycles. The highest BCUT2D eigenvalue weighted by Gasteiger charge is 2.10. The molecule has 0 atom stereocenters. The predicted octanol–water partition coefficient (Wildman–Crippen LogP) is 1.95. The van der Waals surface area contributed by atoms with Crippen LogP contribution in [-0.4, -0.2) is 32.5 Å². The molecular formula is C15H12N6O. The van der Waals surface area contributed by atoms with Crippen LogP contribution < -0.4 is 0 Å².